The van der Waals surface area contributed by atoms with Crippen LogP contribution in [0.1, 0.15) is 0 Å². The lowest BCUT2D eigenvalue weighted by Crippen LogP contribution is -2.17. The Bertz CT molecular complexity index is 560. The number of hydrogen-bond acceptors (Lipinski definition) is 2. The van der Waals surface area contributed by atoms with Gasteiger partial charge in [-0.25, -0.2) is 9.18 Å². The molecule has 0 atom stereocenters. The van der Waals surface area contributed by atoms with E-state index in [1.165, 1.54) is 18.2 Å². The molecule has 1 amide bonds. The molecule has 0 saturated heterocycles. The number of para-hydroxylation sites is 1. The largest absolute Gasteiger partial charge is 0.417 e. The van der Waals surface area contributed by atoms with E-state index in [-0.39, 0.29) is 0 Å². The second kappa shape index (κ2) is 5.64. The van der Waals surface area contributed by atoms with Crippen molar-refractivity contribution in [2.24, 2.45) is 0 Å². The second-order valence-electron chi connectivity index (χ2n) is 3.45. The zero-order valence-corrected chi connectivity index (χ0v) is 10.8. The van der Waals surface area contributed by atoms with Crippen LogP contribution in [0.5, 0.6) is 5.75 Å². The zero-order valence-electron chi connectivity index (χ0n) is 9.19. The van der Waals surface area contributed by atoms with Gasteiger partial charge in [-0.2, -0.15) is 0 Å². The fourth-order valence-electron chi connectivity index (χ4n) is 1.32. The summed E-state index contributed by atoms with van der Waals surface area (Å²) in [4.78, 5) is 11.6. The predicted molar refractivity (Wildman–Crippen MR) is 70.2 cm³/mol. The number of nitrogens with one attached hydrogen (secondary N) is 1. The molecule has 2 rings (SSSR count). The minimum Gasteiger partial charge on any atom is -0.410 e. The Morgan fingerprint density at radius 1 is 1.17 bits per heavy atom. The molecule has 0 radical (unpaired) electrons. The lowest BCUT2D eigenvalue weighted by Gasteiger charge is -2.08. The summed E-state index contributed by atoms with van der Waals surface area (Å²) in [5.74, 6) is -0.0178. The van der Waals surface area contributed by atoms with Gasteiger partial charge in [0, 0.05) is 4.47 Å². The minimum absolute atomic E-state index is 0.316. The Labute approximate surface area is 112 Å². The highest BCUT2D eigenvalue weighted by molar-refractivity contribution is 9.10. The van der Waals surface area contributed by atoms with Crippen LogP contribution in [0.25, 0.3) is 0 Å². The number of rotatable bonds is 2. The van der Waals surface area contributed by atoms with Crippen LogP contribution in [0, 0.1) is 5.82 Å². The van der Waals surface area contributed by atoms with E-state index in [1.807, 2.05) is 6.07 Å². The van der Waals surface area contributed by atoms with Crippen LogP contribution in [0.4, 0.5) is 14.9 Å². The van der Waals surface area contributed by atoms with E-state index < -0.39 is 11.9 Å². The van der Waals surface area contributed by atoms with Crippen molar-refractivity contribution in [3.63, 3.8) is 0 Å². The fraction of sp³-hybridized carbons (Fsp3) is 0. The van der Waals surface area contributed by atoms with Crippen LogP contribution in [0.3, 0.4) is 0 Å². The van der Waals surface area contributed by atoms with Gasteiger partial charge in [-0.3, -0.25) is 5.32 Å². The van der Waals surface area contributed by atoms with E-state index in [4.69, 9.17) is 4.74 Å². The molecule has 2 aromatic carbocycles. The van der Waals surface area contributed by atoms with Gasteiger partial charge in [0.05, 0.1) is 5.69 Å². The van der Waals surface area contributed by atoms with Crippen LogP contribution < -0.4 is 10.1 Å². The number of carbonyl (C=O) groups is 1. The molecule has 0 unspecified atom stereocenters. The van der Waals surface area contributed by atoms with Gasteiger partial charge in [-0.1, -0.05) is 18.2 Å². The molecular weight excluding hydrogens is 301 g/mol. The Morgan fingerprint density at radius 3 is 2.61 bits per heavy atom. The molecule has 0 aliphatic rings. The topological polar surface area (TPSA) is 38.3 Å². The van der Waals surface area contributed by atoms with Gasteiger partial charge in [0.2, 0.25) is 0 Å². The van der Waals surface area contributed by atoms with Crippen molar-refractivity contribution in [1.82, 2.24) is 0 Å². The molecule has 0 heterocycles. The fourth-order valence-corrected chi connectivity index (χ4v) is 1.67. The summed E-state index contributed by atoms with van der Waals surface area (Å²) in [5.41, 5.74) is 0.316. The maximum atomic E-state index is 13.0. The maximum absolute atomic E-state index is 13.0. The summed E-state index contributed by atoms with van der Waals surface area (Å²) >= 11 is 3.21. The van der Waals surface area contributed by atoms with E-state index in [0.29, 0.717) is 15.9 Å². The summed E-state index contributed by atoms with van der Waals surface area (Å²) < 4.78 is 18.6. The quantitative estimate of drug-likeness (QED) is 0.903. The van der Waals surface area contributed by atoms with E-state index in [9.17, 15) is 9.18 Å². The molecule has 2 aromatic rings. The normalized spacial score (nSPS) is 9.89. The van der Waals surface area contributed by atoms with Gasteiger partial charge < -0.3 is 4.74 Å². The minimum atomic E-state index is -0.674. The van der Waals surface area contributed by atoms with E-state index >= 15 is 0 Å². The maximum Gasteiger partial charge on any atom is 0.417 e. The molecule has 1 N–H and O–H groups in total. The Kier molecular flexibility index (Phi) is 3.94. The van der Waals surface area contributed by atoms with Gasteiger partial charge in [0.1, 0.15) is 11.6 Å². The third-order valence-electron chi connectivity index (χ3n) is 2.12. The van der Waals surface area contributed by atoms with E-state index in [0.717, 1.165) is 0 Å². The number of anilines is 1. The highest BCUT2D eigenvalue weighted by Crippen LogP contribution is 2.23. The van der Waals surface area contributed by atoms with Gasteiger partial charge in [-0.15, -0.1) is 0 Å². The smallest absolute Gasteiger partial charge is 0.410 e. The van der Waals surface area contributed by atoms with Crippen molar-refractivity contribution in [2.75, 3.05) is 5.32 Å². The molecule has 0 aliphatic heterocycles. The molecular formula is C13H9BrFNO2. The van der Waals surface area contributed by atoms with Crippen LogP contribution in [0.2, 0.25) is 0 Å². The third-order valence-corrected chi connectivity index (χ3v) is 2.81. The van der Waals surface area contributed by atoms with Crippen molar-refractivity contribution in [3.8, 4) is 5.75 Å². The molecule has 18 heavy (non-hydrogen) atoms. The molecule has 0 aromatic heterocycles. The van der Waals surface area contributed by atoms with Crippen LogP contribution >= 0.6 is 15.9 Å². The second-order valence-corrected chi connectivity index (χ2v) is 4.31. The molecule has 3 nitrogen and oxygen atoms in total. The molecule has 0 bridgehead atoms. The average molecular weight is 310 g/mol. The highest BCUT2D eigenvalue weighted by atomic mass is 79.9. The van der Waals surface area contributed by atoms with Crippen LogP contribution in [-0.2, 0) is 0 Å². The van der Waals surface area contributed by atoms with Gasteiger partial charge in [0.25, 0.3) is 0 Å². The van der Waals surface area contributed by atoms with Gasteiger partial charge in [-0.05, 0) is 46.3 Å². The summed E-state index contributed by atoms with van der Waals surface area (Å²) in [5, 5.41) is 2.45. The summed E-state index contributed by atoms with van der Waals surface area (Å²) in [6.07, 6.45) is -0.674. The first-order valence-electron chi connectivity index (χ1n) is 5.14. The van der Waals surface area contributed by atoms with Crippen molar-refractivity contribution < 1.29 is 13.9 Å². The first-order valence-corrected chi connectivity index (χ1v) is 5.93. The molecule has 0 spiro atoms. The predicted octanol–water partition coefficient (Wildman–Crippen LogP) is 4.20. The average Bonchev–Trinajstić information content (AvgIpc) is 2.35. The Hall–Kier alpha value is -1.88. The Morgan fingerprint density at radius 2 is 1.89 bits per heavy atom. The van der Waals surface area contributed by atoms with Gasteiger partial charge in [0.15, 0.2) is 0 Å². The first-order chi connectivity index (χ1) is 8.65. The number of ether oxygens (including phenoxy) is 1. The number of benzene rings is 2. The Balaban J connectivity index is 2.05. The molecule has 0 aliphatic carbocycles. The summed E-state index contributed by atoms with van der Waals surface area (Å²) in [7, 11) is 0. The lowest BCUT2D eigenvalue weighted by molar-refractivity contribution is 0.215. The SMILES string of the molecule is O=C(Nc1cc(F)ccc1Br)Oc1ccccc1. The molecule has 5 heteroatoms. The van der Waals surface area contributed by atoms with Crippen molar-refractivity contribution in [3.05, 3.63) is 58.8 Å². The van der Waals surface area contributed by atoms with Crippen molar-refractivity contribution in [2.45, 2.75) is 0 Å². The van der Waals surface area contributed by atoms with E-state index in [2.05, 4.69) is 21.2 Å². The third kappa shape index (κ3) is 3.30. The monoisotopic (exact) mass is 309 g/mol. The number of carbonyl (C=O) groups excluding carboxylic acids is 1. The molecule has 0 saturated carbocycles. The summed E-state index contributed by atoms with van der Waals surface area (Å²) in [6, 6.07) is 12.6. The highest BCUT2D eigenvalue weighted by Gasteiger charge is 2.08. The van der Waals surface area contributed by atoms with Crippen LogP contribution in [0.15, 0.2) is 53.0 Å². The van der Waals surface area contributed by atoms with E-state index in [1.54, 1.807) is 24.3 Å². The molecule has 92 valence electrons. The zero-order chi connectivity index (χ0) is 13.0. The number of hydrogen-bond donors (Lipinski definition) is 1. The van der Waals surface area contributed by atoms with Crippen molar-refractivity contribution in [1.29, 1.82) is 0 Å². The van der Waals surface area contributed by atoms with Gasteiger partial charge >= 0.3 is 6.09 Å². The van der Waals surface area contributed by atoms with Crippen LogP contribution in [-0.4, -0.2) is 6.09 Å². The first kappa shape index (κ1) is 12.6. The molecule has 0 fully saturated rings. The lowest BCUT2D eigenvalue weighted by atomic mass is 10.3. The number of amides is 1. The summed E-state index contributed by atoms with van der Waals surface area (Å²) in [6.45, 7) is 0. The standard InChI is InChI=1S/C13H9BrFNO2/c14-11-7-6-9(15)8-12(11)16-13(17)18-10-4-2-1-3-5-10/h1-8H,(H,16,17). The number of halogens is 2. The van der Waals surface area contributed by atoms with Crippen molar-refractivity contribution >= 4 is 27.7 Å².